The second-order valence-electron chi connectivity index (χ2n) is 4.31. The van der Waals surface area contributed by atoms with Crippen molar-refractivity contribution in [1.29, 1.82) is 0 Å². The van der Waals surface area contributed by atoms with Crippen LogP contribution in [0.3, 0.4) is 0 Å². The highest BCUT2D eigenvalue weighted by atomic mass is 19.1. The van der Waals surface area contributed by atoms with E-state index in [9.17, 15) is 4.39 Å². The number of hydrogen-bond acceptors (Lipinski definition) is 2. The second-order valence-corrected chi connectivity index (χ2v) is 4.31. The number of halogens is 1. The molecule has 2 rings (SSSR count). The Morgan fingerprint density at radius 1 is 1.44 bits per heavy atom. The lowest BCUT2D eigenvalue weighted by atomic mass is 9.89. The van der Waals surface area contributed by atoms with E-state index in [1.54, 1.807) is 6.07 Å². The minimum atomic E-state index is -0.108. The molecular weight excluding hydrogens is 205 g/mol. The zero-order chi connectivity index (χ0) is 11.4. The molecule has 1 aliphatic rings. The number of rotatable bonds is 3. The van der Waals surface area contributed by atoms with Gasteiger partial charge in [-0.2, -0.15) is 0 Å². The van der Waals surface area contributed by atoms with Gasteiger partial charge in [0.05, 0.1) is 6.61 Å². The summed E-state index contributed by atoms with van der Waals surface area (Å²) in [4.78, 5) is 0. The van der Waals surface area contributed by atoms with Gasteiger partial charge in [-0.15, -0.1) is 0 Å². The largest absolute Gasteiger partial charge is 0.381 e. The van der Waals surface area contributed by atoms with Crippen molar-refractivity contribution in [2.75, 3.05) is 20.3 Å². The molecule has 0 amide bonds. The van der Waals surface area contributed by atoms with Crippen molar-refractivity contribution in [3.63, 3.8) is 0 Å². The van der Waals surface area contributed by atoms with Gasteiger partial charge < -0.3 is 10.1 Å². The summed E-state index contributed by atoms with van der Waals surface area (Å²) in [7, 11) is 1.96. The molecule has 1 saturated heterocycles. The maximum absolute atomic E-state index is 13.5. The van der Waals surface area contributed by atoms with Crippen molar-refractivity contribution in [2.24, 2.45) is 5.92 Å². The average molecular weight is 223 g/mol. The quantitative estimate of drug-likeness (QED) is 0.846. The lowest BCUT2D eigenvalue weighted by molar-refractivity contribution is 0.0339. The second kappa shape index (κ2) is 5.41. The van der Waals surface area contributed by atoms with Gasteiger partial charge in [0.2, 0.25) is 0 Å². The van der Waals surface area contributed by atoms with Crippen molar-refractivity contribution in [3.8, 4) is 0 Å². The topological polar surface area (TPSA) is 21.3 Å². The molecule has 2 unspecified atom stereocenters. The molecule has 2 nitrogen and oxygen atoms in total. The first-order valence-electron chi connectivity index (χ1n) is 5.79. The first-order valence-corrected chi connectivity index (χ1v) is 5.79. The van der Waals surface area contributed by atoms with Crippen molar-refractivity contribution < 1.29 is 9.13 Å². The van der Waals surface area contributed by atoms with E-state index < -0.39 is 0 Å². The molecule has 0 spiro atoms. The molecule has 16 heavy (non-hydrogen) atoms. The number of ether oxygens (including phenoxy) is 1. The van der Waals surface area contributed by atoms with E-state index in [0.717, 1.165) is 31.6 Å². The van der Waals surface area contributed by atoms with Gasteiger partial charge in [-0.05, 0) is 31.5 Å². The molecule has 1 N–H and O–H groups in total. The van der Waals surface area contributed by atoms with Crippen LogP contribution in [-0.2, 0) is 11.2 Å². The first kappa shape index (κ1) is 11.6. The van der Waals surface area contributed by atoms with Gasteiger partial charge in [-0.1, -0.05) is 18.2 Å². The molecular formula is C13H18FNO. The summed E-state index contributed by atoms with van der Waals surface area (Å²) >= 11 is 0. The Balaban J connectivity index is 2.05. The highest BCUT2D eigenvalue weighted by Crippen LogP contribution is 2.20. The third-order valence-corrected chi connectivity index (χ3v) is 3.28. The van der Waals surface area contributed by atoms with Crippen LogP contribution in [0.1, 0.15) is 12.0 Å². The van der Waals surface area contributed by atoms with Crippen LogP contribution in [0.15, 0.2) is 24.3 Å². The molecule has 88 valence electrons. The third kappa shape index (κ3) is 2.60. The SMILES string of the molecule is CNC1CCOCC1Cc1ccccc1F. The van der Waals surface area contributed by atoms with Gasteiger partial charge in [0.1, 0.15) is 5.82 Å². The fourth-order valence-corrected chi connectivity index (χ4v) is 2.32. The Morgan fingerprint density at radius 2 is 2.25 bits per heavy atom. The van der Waals surface area contributed by atoms with Gasteiger partial charge in [-0.3, -0.25) is 0 Å². The van der Waals surface area contributed by atoms with Crippen LogP contribution in [0.25, 0.3) is 0 Å². The fourth-order valence-electron chi connectivity index (χ4n) is 2.32. The minimum Gasteiger partial charge on any atom is -0.381 e. The number of nitrogens with one attached hydrogen (secondary N) is 1. The van der Waals surface area contributed by atoms with Crippen molar-refractivity contribution in [2.45, 2.75) is 18.9 Å². The fraction of sp³-hybridized carbons (Fsp3) is 0.538. The van der Waals surface area contributed by atoms with Gasteiger partial charge in [0.15, 0.2) is 0 Å². The van der Waals surface area contributed by atoms with Crippen LogP contribution in [-0.4, -0.2) is 26.3 Å². The van der Waals surface area contributed by atoms with Gasteiger partial charge in [0.25, 0.3) is 0 Å². The minimum absolute atomic E-state index is 0.108. The molecule has 3 heteroatoms. The molecule has 0 radical (unpaired) electrons. The van der Waals surface area contributed by atoms with E-state index in [1.807, 2.05) is 19.2 Å². The summed E-state index contributed by atoms with van der Waals surface area (Å²) in [5, 5.41) is 3.29. The predicted octanol–water partition coefficient (Wildman–Crippen LogP) is 1.99. The highest BCUT2D eigenvalue weighted by Gasteiger charge is 2.25. The summed E-state index contributed by atoms with van der Waals surface area (Å²) in [6.07, 6.45) is 1.76. The standard InChI is InChI=1S/C13H18FNO/c1-15-13-6-7-16-9-11(13)8-10-4-2-3-5-12(10)14/h2-5,11,13,15H,6-9H2,1H3. The zero-order valence-corrected chi connectivity index (χ0v) is 9.58. The molecule has 1 aliphatic heterocycles. The summed E-state index contributed by atoms with van der Waals surface area (Å²) in [5.41, 5.74) is 0.790. The van der Waals surface area contributed by atoms with E-state index in [1.165, 1.54) is 6.07 Å². The average Bonchev–Trinajstić information content (AvgIpc) is 2.33. The van der Waals surface area contributed by atoms with Crippen LogP contribution in [0.4, 0.5) is 4.39 Å². The Hall–Kier alpha value is -0.930. The van der Waals surface area contributed by atoms with Crippen LogP contribution in [0.2, 0.25) is 0 Å². The molecule has 0 bridgehead atoms. The maximum atomic E-state index is 13.5. The predicted molar refractivity (Wildman–Crippen MR) is 61.9 cm³/mol. The molecule has 0 aromatic heterocycles. The first-order chi connectivity index (χ1) is 7.81. The van der Waals surface area contributed by atoms with Crippen molar-refractivity contribution >= 4 is 0 Å². The monoisotopic (exact) mass is 223 g/mol. The summed E-state index contributed by atoms with van der Waals surface area (Å²) in [6.45, 7) is 1.53. The van der Waals surface area contributed by atoms with Crippen LogP contribution in [0, 0.1) is 11.7 Å². The molecule has 1 heterocycles. The number of hydrogen-bond donors (Lipinski definition) is 1. The third-order valence-electron chi connectivity index (χ3n) is 3.28. The maximum Gasteiger partial charge on any atom is 0.126 e. The molecule has 1 fully saturated rings. The highest BCUT2D eigenvalue weighted by molar-refractivity contribution is 5.18. The zero-order valence-electron chi connectivity index (χ0n) is 9.58. The molecule has 0 aliphatic carbocycles. The Morgan fingerprint density at radius 3 is 3.00 bits per heavy atom. The lowest BCUT2D eigenvalue weighted by Crippen LogP contribution is -2.42. The van der Waals surface area contributed by atoms with Crippen LogP contribution >= 0.6 is 0 Å². The van der Waals surface area contributed by atoms with E-state index in [2.05, 4.69) is 5.32 Å². The van der Waals surface area contributed by atoms with Crippen molar-refractivity contribution in [1.82, 2.24) is 5.32 Å². The Kier molecular flexibility index (Phi) is 3.91. The van der Waals surface area contributed by atoms with E-state index in [0.29, 0.717) is 12.0 Å². The summed E-state index contributed by atoms with van der Waals surface area (Å²) in [6, 6.07) is 7.43. The van der Waals surface area contributed by atoms with Gasteiger partial charge in [0, 0.05) is 18.6 Å². The smallest absolute Gasteiger partial charge is 0.126 e. The lowest BCUT2D eigenvalue weighted by Gasteiger charge is -2.31. The Bertz CT molecular complexity index is 342. The van der Waals surface area contributed by atoms with Crippen molar-refractivity contribution in [3.05, 3.63) is 35.6 Å². The van der Waals surface area contributed by atoms with E-state index >= 15 is 0 Å². The molecule has 1 aromatic carbocycles. The summed E-state index contributed by atoms with van der Waals surface area (Å²) < 4.78 is 19.0. The normalized spacial score (nSPS) is 25.6. The van der Waals surface area contributed by atoms with Gasteiger partial charge >= 0.3 is 0 Å². The molecule has 2 atom stereocenters. The van der Waals surface area contributed by atoms with Crippen LogP contribution < -0.4 is 5.32 Å². The van der Waals surface area contributed by atoms with Crippen LogP contribution in [0.5, 0.6) is 0 Å². The summed E-state index contributed by atoms with van der Waals surface area (Å²) in [5.74, 6) is 0.263. The Labute approximate surface area is 95.8 Å². The van der Waals surface area contributed by atoms with Gasteiger partial charge in [-0.25, -0.2) is 4.39 Å². The van der Waals surface area contributed by atoms with E-state index in [4.69, 9.17) is 4.74 Å². The molecule has 1 aromatic rings. The molecule has 0 saturated carbocycles. The van der Waals surface area contributed by atoms with E-state index in [-0.39, 0.29) is 5.82 Å². The number of benzene rings is 1.